The number of amides is 2. The first-order valence-corrected chi connectivity index (χ1v) is 9.64. The summed E-state index contributed by atoms with van der Waals surface area (Å²) in [6, 6.07) is 4.25. The van der Waals surface area contributed by atoms with Crippen molar-refractivity contribution in [3.8, 4) is 0 Å². The zero-order valence-electron chi connectivity index (χ0n) is 15.0. The van der Waals surface area contributed by atoms with E-state index in [4.69, 9.17) is 17.3 Å². The highest BCUT2D eigenvalue weighted by Gasteiger charge is 2.21. The minimum Gasteiger partial charge on any atom is -0.347 e. The van der Waals surface area contributed by atoms with E-state index in [9.17, 15) is 9.59 Å². The summed E-state index contributed by atoms with van der Waals surface area (Å²) in [7, 11) is 0. The number of hydrogen-bond acceptors (Lipinski definition) is 4. The molecule has 1 aromatic carbocycles. The van der Waals surface area contributed by atoms with Crippen LogP contribution in [0.5, 0.6) is 0 Å². The van der Waals surface area contributed by atoms with Gasteiger partial charge in [-0.1, -0.05) is 18.5 Å². The van der Waals surface area contributed by atoms with E-state index in [2.05, 4.69) is 10.6 Å². The third kappa shape index (κ3) is 7.86. The topological polar surface area (TPSA) is 84.2 Å². The summed E-state index contributed by atoms with van der Waals surface area (Å²) in [5.41, 5.74) is 6.42. The molecule has 1 aromatic rings. The van der Waals surface area contributed by atoms with Gasteiger partial charge in [0.25, 0.3) is 5.91 Å². The van der Waals surface area contributed by atoms with E-state index in [-0.39, 0.29) is 34.8 Å². The Bertz CT molecular complexity index is 597. The highest BCUT2D eigenvalue weighted by molar-refractivity contribution is 7.98. The fourth-order valence-electron chi connectivity index (χ4n) is 1.85. The standard InChI is InChI=1S/C17H26ClN3O2S.ClH/c1-5-17(2,3)21-15(22)12-7-6-11(10-13(12)18)20-16(23)14(19)8-9-24-4;/h6-7,10,14H,5,8-9,19H2,1-4H3,(H,20,23)(H,21,22);1H/t14-;/m0./s1. The van der Waals surface area contributed by atoms with Crippen molar-refractivity contribution in [1.82, 2.24) is 5.32 Å². The van der Waals surface area contributed by atoms with E-state index in [0.29, 0.717) is 17.7 Å². The number of hydrogen-bond donors (Lipinski definition) is 3. The third-order valence-corrected chi connectivity index (χ3v) is 4.74. The maximum absolute atomic E-state index is 12.3. The Morgan fingerprint density at radius 1 is 1.36 bits per heavy atom. The lowest BCUT2D eigenvalue weighted by molar-refractivity contribution is -0.117. The molecule has 1 atom stereocenters. The Labute approximate surface area is 165 Å². The van der Waals surface area contributed by atoms with E-state index in [1.807, 2.05) is 27.0 Å². The minimum atomic E-state index is -0.565. The Hall–Kier alpha value is -0.950. The zero-order chi connectivity index (χ0) is 18.3. The number of halogens is 2. The van der Waals surface area contributed by atoms with Crippen LogP contribution in [0.4, 0.5) is 5.69 Å². The normalized spacial score (nSPS) is 12.1. The van der Waals surface area contributed by atoms with Gasteiger partial charge < -0.3 is 16.4 Å². The molecule has 0 aliphatic rings. The monoisotopic (exact) mass is 407 g/mol. The highest BCUT2D eigenvalue weighted by Crippen LogP contribution is 2.22. The largest absolute Gasteiger partial charge is 0.347 e. The van der Waals surface area contributed by atoms with Crippen LogP contribution in [0, 0.1) is 0 Å². The van der Waals surface area contributed by atoms with E-state index in [1.54, 1.807) is 30.0 Å². The van der Waals surface area contributed by atoms with Crippen molar-refractivity contribution < 1.29 is 9.59 Å². The molecule has 0 aliphatic carbocycles. The molecule has 2 amide bonds. The van der Waals surface area contributed by atoms with Crippen molar-refractivity contribution in [2.45, 2.75) is 45.2 Å². The molecule has 0 aliphatic heterocycles. The lowest BCUT2D eigenvalue weighted by atomic mass is 10.0. The molecule has 0 radical (unpaired) electrons. The number of carbonyl (C=O) groups excluding carboxylic acids is 2. The van der Waals surface area contributed by atoms with Gasteiger partial charge in [-0.05, 0) is 56.9 Å². The number of benzene rings is 1. The first kappa shape index (κ1) is 24.1. The molecule has 1 rings (SSSR count). The van der Waals surface area contributed by atoms with Crippen LogP contribution in [0.2, 0.25) is 5.02 Å². The molecule has 0 unspecified atom stereocenters. The molecular formula is C17H27Cl2N3O2S. The van der Waals surface area contributed by atoms with Crippen LogP contribution in [-0.4, -0.2) is 35.4 Å². The SMILES string of the molecule is CCC(C)(C)NC(=O)c1ccc(NC(=O)[C@@H](N)CCSC)cc1Cl.Cl. The van der Waals surface area contributed by atoms with Crippen molar-refractivity contribution in [2.24, 2.45) is 5.73 Å². The smallest absolute Gasteiger partial charge is 0.253 e. The van der Waals surface area contributed by atoms with Crippen LogP contribution in [0.1, 0.15) is 44.0 Å². The number of anilines is 1. The third-order valence-electron chi connectivity index (χ3n) is 3.79. The van der Waals surface area contributed by atoms with Crippen LogP contribution in [0.3, 0.4) is 0 Å². The Morgan fingerprint density at radius 3 is 2.52 bits per heavy atom. The van der Waals surface area contributed by atoms with E-state index < -0.39 is 6.04 Å². The van der Waals surface area contributed by atoms with Gasteiger partial charge in [0.05, 0.1) is 16.6 Å². The predicted octanol–water partition coefficient (Wildman–Crippen LogP) is 3.70. The molecular weight excluding hydrogens is 381 g/mol. The molecule has 0 bridgehead atoms. The van der Waals surface area contributed by atoms with Gasteiger partial charge in [0.1, 0.15) is 0 Å². The molecule has 142 valence electrons. The fourth-order valence-corrected chi connectivity index (χ4v) is 2.61. The molecule has 0 saturated carbocycles. The first-order valence-electron chi connectivity index (χ1n) is 7.87. The number of nitrogens with two attached hydrogens (primary N) is 1. The zero-order valence-corrected chi connectivity index (χ0v) is 17.4. The van der Waals surface area contributed by atoms with Crippen LogP contribution in [-0.2, 0) is 4.79 Å². The van der Waals surface area contributed by atoms with Crippen LogP contribution < -0.4 is 16.4 Å². The maximum Gasteiger partial charge on any atom is 0.253 e. The number of carbonyl (C=O) groups is 2. The van der Waals surface area contributed by atoms with Crippen molar-refractivity contribution in [3.63, 3.8) is 0 Å². The van der Waals surface area contributed by atoms with E-state index in [1.165, 1.54) is 0 Å². The molecule has 4 N–H and O–H groups in total. The first-order chi connectivity index (χ1) is 11.2. The van der Waals surface area contributed by atoms with Crippen molar-refractivity contribution >= 4 is 53.3 Å². The summed E-state index contributed by atoms with van der Waals surface area (Å²) in [4.78, 5) is 24.3. The van der Waals surface area contributed by atoms with Crippen molar-refractivity contribution in [1.29, 1.82) is 0 Å². The second-order valence-corrected chi connectivity index (χ2v) is 7.66. The lowest BCUT2D eigenvalue weighted by Crippen LogP contribution is -2.42. The van der Waals surface area contributed by atoms with Gasteiger partial charge >= 0.3 is 0 Å². The summed E-state index contributed by atoms with van der Waals surface area (Å²) in [6.45, 7) is 5.90. The molecule has 0 fully saturated rings. The minimum absolute atomic E-state index is 0. The van der Waals surface area contributed by atoms with Gasteiger partial charge in [-0.3, -0.25) is 9.59 Å². The van der Waals surface area contributed by atoms with Gasteiger partial charge in [0.2, 0.25) is 5.91 Å². The summed E-state index contributed by atoms with van der Waals surface area (Å²) >= 11 is 7.84. The highest BCUT2D eigenvalue weighted by atomic mass is 35.5. The average Bonchev–Trinajstić information content (AvgIpc) is 2.52. The molecule has 8 heteroatoms. The molecule has 0 saturated heterocycles. The Morgan fingerprint density at radius 2 is 2.00 bits per heavy atom. The van der Waals surface area contributed by atoms with Crippen molar-refractivity contribution in [3.05, 3.63) is 28.8 Å². The van der Waals surface area contributed by atoms with Crippen molar-refractivity contribution in [2.75, 3.05) is 17.3 Å². The van der Waals surface area contributed by atoms with Gasteiger partial charge in [-0.15, -0.1) is 12.4 Å². The van der Waals surface area contributed by atoms with Gasteiger partial charge in [-0.2, -0.15) is 11.8 Å². The molecule has 0 heterocycles. The Balaban J connectivity index is 0.00000576. The maximum atomic E-state index is 12.3. The predicted molar refractivity (Wildman–Crippen MR) is 110 cm³/mol. The van der Waals surface area contributed by atoms with Gasteiger partial charge in [-0.25, -0.2) is 0 Å². The number of rotatable bonds is 8. The quantitative estimate of drug-likeness (QED) is 0.613. The number of thioether (sulfide) groups is 1. The molecule has 0 aromatic heterocycles. The van der Waals surface area contributed by atoms with E-state index >= 15 is 0 Å². The van der Waals surface area contributed by atoms with Gasteiger partial charge in [0.15, 0.2) is 0 Å². The van der Waals surface area contributed by atoms with Crippen LogP contribution in [0.25, 0.3) is 0 Å². The van der Waals surface area contributed by atoms with E-state index in [0.717, 1.165) is 12.2 Å². The van der Waals surface area contributed by atoms with Crippen LogP contribution >= 0.6 is 35.8 Å². The summed E-state index contributed by atoms with van der Waals surface area (Å²) in [5.74, 6) is 0.326. The van der Waals surface area contributed by atoms with Crippen LogP contribution in [0.15, 0.2) is 18.2 Å². The van der Waals surface area contributed by atoms with Gasteiger partial charge in [0, 0.05) is 11.2 Å². The lowest BCUT2D eigenvalue weighted by Gasteiger charge is -2.24. The molecule has 5 nitrogen and oxygen atoms in total. The Kier molecular flexibility index (Phi) is 10.5. The fraction of sp³-hybridized carbons (Fsp3) is 0.529. The second-order valence-electron chi connectivity index (χ2n) is 6.26. The molecule has 25 heavy (non-hydrogen) atoms. The summed E-state index contributed by atoms with van der Waals surface area (Å²) in [6.07, 6.45) is 3.37. The second kappa shape index (κ2) is 10.9. The molecule has 0 spiro atoms. The number of nitrogens with one attached hydrogen (secondary N) is 2. The average molecular weight is 408 g/mol. The summed E-state index contributed by atoms with van der Waals surface area (Å²) < 4.78 is 0. The summed E-state index contributed by atoms with van der Waals surface area (Å²) in [5, 5.41) is 5.95.